The van der Waals surface area contributed by atoms with E-state index in [1.165, 1.54) is 0 Å². The SMILES string of the molecule is CC1=C[C@H](F)[C@@H](N)C1. The van der Waals surface area contributed by atoms with Gasteiger partial charge < -0.3 is 5.73 Å². The van der Waals surface area contributed by atoms with Crippen LogP contribution in [0.15, 0.2) is 11.6 Å². The fourth-order valence-corrected chi connectivity index (χ4v) is 0.948. The van der Waals surface area contributed by atoms with Gasteiger partial charge in [-0.3, -0.25) is 0 Å². The van der Waals surface area contributed by atoms with Gasteiger partial charge in [0.15, 0.2) is 0 Å². The molecular weight excluding hydrogens is 105 g/mol. The highest BCUT2D eigenvalue weighted by Crippen LogP contribution is 2.18. The van der Waals surface area contributed by atoms with Crippen molar-refractivity contribution in [3.05, 3.63) is 11.6 Å². The molecule has 0 amide bonds. The first-order chi connectivity index (χ1) is 3.70. The second-order valence-electron chi connectivity index (χ2n) is 2.33. The zero-order valence-corrected chi connectivity index (χ0v) is 4.89. The lowest BCUT2D eigenvalue weighted by Gasteiger charge is -2.02. The lowest BCUT2D eigenvalue weighted by atomic mass is 10.2. The van der Waals surface area contributed by atoms with Gasteiger partial charge in [-0.15, -0.1) is 0 Å². The Balaban J connectivity index is 2.56. The van der Waals surface area contributed by atoms with Gasteiger partial charge in [-0.25, -0.2) is 4.39 Å². The maximum atomic E-state index is 12.4. The Bertz CT molecular complexity index is 120. The van der Waals surface area contributed by atoms with Crippen LogP contribution in [-0.4, -0.2) is 12.2 Å². The van der Waals surface area contributed by atoms with E-state index >= 15 is 0 Å². The highest BCUT2D eigenvalue weighted by molar-refractivity contribution is 5.14. The number of hydrogen-bond donors (Lipinski definition) is 1. The van der Waals surface area contributed by atoms with Crippen molar-refractivity contribution < 1.29 is 4.39 Å². The first kappa shape index (κ1) is 5.76. The molecule has 2 atom stereocenters. The number of hydrogen-bond acceptors (Lipinski definition) is 1. The monoisotopic (exact) mass is 115 g/mol. The molecule has 0 aromatic rings. The molecule has 0 bridgehead atoms. The minimum absolute atomic E-state index is 0.269. The Morgan fingerprint density at radius 1 is 1.88 bits per heavy atom. The molecule has 46 valence electrons. The van der Waals surface area contributed by atoms with Crippen molar-refractivity contribution in [3.63, 3.8) is 0 Å². The molecule has 0 saturated carbocycles. The van der Waals surface area contributed by atoms with Crippen LogP contribution in [0.2, 0.25) is 0 Å². The molecule has 0 aromatic heterocycles. The van der Waals surface area contributed by atoms with E-state index in [9.17, 15) is 4.39 Å². The van der Waals surface area contributed by atoms with E-state index in [1.54, 1.807) is 6.08 Å². The molecule has 8 heavy (non-hydrogen) atoms. The van der Waals surface area contributed by atoms with Crippen molar-refractivity contribution in [2.45, 2.75) is 25.6 Å². The summed E-state index contributed by atoms with van der Waals surface area (Å²) in [4.78, 5) is 0. The molecule has 0 fully saturated rings. The molecule has 0 heterocycles. The van der Waals surface area contributed by atoms with Crippen LogP contribution in [-0.2, 0) is 0 Å². The van der Waals surface area contributed by atoms with Crippen LogP contribution in [0.4, 0.5) is 4.39 Å². The third-order valence-corrected chi connectivity index (χ3v) is 1.41. The summed E-state index contributed by atoms with van der Waals surface area (Å²) in [5.74, 6) is 0. The average Bonchev–Trinajstić information content (AvgIpc) is 1.85. The largest absolute Gasteiger partial charge is 0.325 e. The fraction of sp³-hybridized carbons (Fsp3) is 0.667. The third kappa shape index (κ3) is 0.892. The molecule has 0 saturated heterocycles. The molecule has 1 nitrogen and oxygen atoms in total. The predicted molar refractivity (Wildman–Crippen MR) is 31.2 cm³/mol. The van der Waals surface area contributed by atoms with Gasteiger partial charge in [0.2, 0.25) is 0 Å². The van der Waals surface area contributed by atoms with Crippen molar-refractivity contribution >= 4 is 0 Å². The molecule has 0 unspecified atom stereocenters. The molecule has 2 heteroatoms. The van der Waals surface area contributed by atoms with E-state index in [0.717, 1.165) is 12.0 Å². The maximum absolute atomic E-state index is 12.4. The molecule has 2 N–H and O–H groups in total. The first-order valence-electron chi connectivity index (χ1n) is 2.77. The van der Waals surface area contributed by atoms with Crippen molar-refractivity contribution in [2.75, 3.05) is 0 Å². The van der Waals surface area contributed by atoms with E-state index in [-0.39, 0.29) is 6.04 Å². The number of rotatable bonds is 0. The van der Waals surface area contributed by atoms with Gasteiger partial charge in [0.25, 0.3) is 0 Å². The quantitative estimate of drug-likeness (QED) is 0.468. The van der Waals surface area contributed by atoms with Gasteiger partial charge in [0.05, 0.1) is 0 Å². The van der Waals surface area contributed by atoms with Crippen molar-refractivity contribution in [3.8, 4) is 0 Å². The van der Waals surface area contributed by atoms with Crippen LogP contribution in [0, 0.1) is 0 Å². The molecular formula is C6H10FN. The van der Waals surface area contributed by atoms with E-state index in [2.05, 4.69) is 0 Å². The minimum atomic E-state index is -0.894. The third-order valence-electron chi connectivity index (χ3n) is 1.41. The average molecular weight is 115 g/mol. The zero-order valence-electron chi connectivity index (χ0n) is 4.89. The van der Waals surface area contributed by atoms with Crippen LogP contribution < -0.4 is 5.73 Å². The second-order valence-corrected chi connectivity index (χ2v) is 2.33. The van der Waals surface area contributed by atoms with Crippen molar-refractivity contribution in [1.29, 1.82) is 0 Å². The van der Waals surface area contributed by atoms with Crippen LogP contribution in [0.25, 0.3) is 0 Å². The van der Waals surface area contributed by atoms with Gasteiger partial charge in [-0.2, -0.15) is 0 Å². The van der Waals surface area contributed by atoms with Gasteiger partial charge in [-0.05, 0) is 13.3 Å². The fourth-order valence-electron chi connectivity index (χ4n) is 0.948. The number of halogens is 1. The Labute approximate surface area is 48.4 Å². The second kappa shape index (κ2) is 1.86. The van der Waals surface area contributed by atoms with Crippen LogP contribution in [0.1, 0.15) is 13.3 Å². The number of alkyl halides is 1. The van der Waals surface area contributed by atoms with Crippen molar-refractivity contribution in [1.82, 2.24) is 0 Å². The molecule has 1 rings (SSSR count). The Morgan fingerprint density at radius 2 is 2.50 bits per heavy atom. The summed E-state index contributed by atoms with van der Waals surface area (Å²) in [5, 5.41) is 0. The summed E-state index contributed by atoms with van der Waals surface area (Å²) in [5.41, 5.74) is 6.42. The maximum Gasteiger partial charge on any atom is 0.134 e. The highest BCUT2D eigenvalue weighted by Gasteiger charge is 2.20. The van der Waals surface area contributed by atoms with Crippen molar-refractivity contribution in [2.24, 2.45) is 5.73 Å². The van der Waals surface area contributed by atoms with Crippen LogP contribution in [0.5, 0.6) is 0 Å². The summed E-state index contributed by atoms with van der Waals surface area (Å²) >= 11 is 0. The summed E-state index contributed by atoms with van der Waals surface area (Å²) < 4.78 is 12.4. The summed E-state index contributed by atoms with van der Waals surface area (Å²) in [7, 11) is 0. The lowest BCUT2D eigenvalue weighted by Crippen LogP contribution is -2.25. The molecule has 1 aliphatic rings. The van der Waals surface area contributed by atoms with Crippen LogP contribution in [0.3, 0.4) is 0 Å². The Morgan fingerprint density at radius 3 is 2.62 bits per heavy atom. The summed E-state index contributed by atoms with van der Waals surface area (Å²) in [6, 6.07) is -0.269. The van der Waals surface area contributed by atoms with Gasteiger partial charge in [-0.1, -0.05) is 11.6 Å². The van der Waals surface area contributed by atoms with Gasteiger partial charge >= 0.3 is 0 Å². The van der Waals surface area contributed by atoms with Gasteiger partial charge in [0, 0.05) is 6.04 Å². The standard InChI is InChI=1S/C6H10FN/c1-4-2-5(7)6(8)3-4/h2,5-6H,3,8H2,1H3/t5-,6-/m0/s1. The molecule has 0 aromatic carbocycles. The van der Waals surface area contributed by atoms with Crippen LogP contribution >= 0.6 is 0 Å². The van der Waals surface area contributed by atoms with E-state index in [4.69, 9.17) is 5.73 Å². The van der Waals surface area contributed by atoms with E-state index in [1.807, 2.05) is 6.92 Å². The predicted octanol–water partition coefficient (Wildman–Crippen LogP) is 1.00. The smallest absolute Gasteiger partial charge is 0.134 e. The first-order valence-corrected chi connectivity index (χ1v) is 2.77. The molecule has 0 aliphatic heterocycles. The number of nitrogens with two attached hydrogens (primary N) is 1. The normalized spacial score (nSPS) is 37.6. The molecule has 0 radical (unpaired) electrons. The molecule has 1 aliphatic carbocycles. The van der Waals surface area contributed by atoms with Gasteiger partial charge in [0.1, 0.15) is 6.17 Å². The highest BCUT2D eigenvalue weighted by atomic mass is 19.1. The summed E-state index contributed by atoms with van der Waals surface area (Å²) in [6.45, 7) is 1.90. The Hall–Kier alpha value is -0.370. The van der Waals surface area contributed by atoms with E-state index < -0.39 is 6.17 Å². The van der Waals surface area contributed by atoms with E-state index in [0.29, 0.717) is 0 Å². The summed E-state index contributed by atoms with van der Waals surface area (Å²) in [6.07, 6.45) is 1.42. The molecule has 0 spiro atoms. The Kier molecular flexibility index (Phi) is 1.34. The topological polar surface area (TPSA) is 26.0 Å². The zero-order chi connectivity index (χ0) is 6.15. The minimum Gasteiger partial charge on any atom is -0.325 e. The lowest BCUT2D eigenvalue weighted by molar-refractivity contribution is 0.357.